The van der Waals surface area contributed by atoms with Crippen molar-refractivity contribution in [2.24, 2.45) is 5.41 Å². The third kappa shape index (κ3) is 2.48. The molecule has 0 saturated heterocycles. The zero-order valence-corrected chi connectivity index (χ0v) is 9.80. The highest BCUT2D eigenvalue weighted by atomic mass is 16.3. The average molecular weight is 194 g/mol. The van der Waals surface area contributed by atoms with Crippen LogP contribution in [-0.2, 0) is 0 Å². The van der Waals surface area contributed by atoms with Crippen LogP contribution in [0.3, 0.4) is 0 Å². The van der Waals surface area contributed by atoms with Crippen molar-refractivity contribution in [1.82, 2.24) is 0 Å². The monoisotopic (exact) mass is 194 g/mol. The molecule has 1 aliphatic rings. The number of hydrogen-bond acceptors (Lipinski definition) is 1. The normalized spacial score (nSPS) is 23.5. The van der Waals surface area contributed by atoms with Crippen LogP contribution < -0.4 is 0 Å². The first kappa shape index (κ1) is 11.5. The lowest BCUT2D eigenvalue weighted by molar-refractivity contribution is 0.222. The summed E-state index contributed by atoms with van der Waals surface area (Å²) in [5, 5.41) is 9.68. The number of allylic oxidation sites excluding steroid dienone is 2. The summed E-state index contributed by atoms with van der Waals surface area (Å²) >= 11 is 0. The van der Waals surface area contributed by atoms with Crippen molar-refractivity contribution in [2.45, 2.75) is 53.1 Å². The molecule has 0 spiro atoms. The van der Waals surface area contributed by atoms with Gasteiger partial charge < -0.3 is 5.11 Å². The molecule has 1 unspecified atom stereocenters. The second-order valence-corrected chi connectivity index (χ2v) is 4.91. The Morgan fingerprint density at radius 2 is 2.14 bits per heavy atom. The van der Waals surface area contributed by atoms with Crippen molar-refractivity contribution < 1.29 is 5.11 Å². The molecule has 0 aromatic carbocycles. The molecule has 1 heteroatoms. The van der Waals surface area contributed by atoms with Gasteiger partial charge in [0.1, 0.15) is 0 Å². The maximum absolute atomic E-state index is 9.68. The SMILES string of the molecule is CC=CC(O)CC1=C(C)C(C)(C)CC1. The maximum Gasteiger partial charge on any atom is 0.0757 e. The number of aliphatic hydroxyl groups excluding tert-OH is 1. The second-order valence-electron chi connectivity index (χ2n) is 4.91. The molecule has 0 saturated carbocycles. The van der Waals surface area contributed by atoms with Crippen molar-refractivity contribution >= 4 is 0 Å². The topological polar surface area (TPSA) is 20.2 Å². The second kappa shape index (κ2) is 4.31. The molecule has 14 heavy (non-hydrogen) atoms. The van der Waals surface area contributed by atoms with E-state index in [1.165, 1.54) is 17.6 Å². The molecule has 0 radical (unpaired) electrons. The van der Waals surface area contributed by atoms with E-state index in [0.717, 1.165) is 12.8 Å². The fraction of sp³-hybridized carbons (Fsp3) is 0.692. The van der Waals surface area contributed by atoms with Gasteiger partial charge in [-0.2, -0.15) is 0 Å². The first-order valence-corrected chi connectivity index (χ1v) is 5.47. The van der Waals surface area contributed by atoms with E-state index in [2.05, 4.69) is 20.8 Å². The summed E-state index contributed by atoms with van der Waals surface area (Å²) in [5.41, 5.74) is 3.30. The van der Waals surface area contributed by atoms with Crippen molar-refractivity contribution in [3.05, 3.63) is 23.3 Å². The average Bonchev–Trinajstić information content (AvgIpc) is 2.33. The van der Waals surface area contributed by atoms with Crippen molar-refractivity contribution in [3.63, 3.8) is 0 Å². The molecule has 0 amide bonds. The first-order valence-electron chi connectivity index (χ1n) is 5.47. The van der Waals surface area contributed by atoms with Crippen LogP contribution >= 0.6 is 0 Å². The van der Waals surface area contributed by atoms with Crippen molar-refractivity contribution in [3.8, 4) is 0 Å². The molecule has 1 rings (SSSR count). The summed E-state index contributed by atoms with van der Waals surface area (Å²) in [6, 6.07) is 0. The summed E-state index contributed by atoms with van der Waals surface area (Å²) in [5.74, 6) is 0. The van der Waals surface area contributed by atoms with E-state index in [4.69, 9.17) is 0 Å². The van der Waals surface area contributed by atoms with Crippen LogP contribution in [0.15, 0.2) is 23.3 Å². The van der Waals surface area contributed by atoms with Gasteiger partial charge in [0, 0.05) is 0 Å². The third-order valence-corrected chi connectivity index (χ3v) is 3.47. The molecule has 1 aliphatic carbocycles. The van der Waals surface area contributed by atoms with Crippen LogP contribution in [0.1, 0.15) is 47.0 Å². The van der Waals surface area contributed by atoms with Gasteiger partial charge in [-0.1, -0.05) is 37.1 Å². The quantitative estimate of drug-likeness (QED) is 0.682. The Bertz CT molecular complexity index is 258. The minimum atomic E-state index is -0.293. The number of aliphatic hydroxyl groups is 1. The van der Waals surface area contributed by atoms with Crippen LogP contribution in [-0.4, -0.2) is 11.2 Å². The van der Waals surface area contributed by atoms with Crippen LogP contribution in [0, 0.1) is 5.41 Å². The van der Waals surface area contributed by atoms with Crippen LogP contribution in [0.4, 0.5) is 0 Å². The van der Waals surface area contributed by atoms with E-state index in [-0.39, 0.29) is 6.10 Å². The predicted octanol–water partition coefficient (Wildman–Crippen LogP) is 3.45. The van der Waals surface area contributed by atoms with E-state index < -0.39 is 0 Å². The fourth-order valence-corrected chi connectivity index (χ4v) is 2.11. The molecule has 0 fully saturated rings. The van der Waals surface area contributed by atoms with E-state index in [1.54, 1.807) is 0 Å². The molecule has 0 aliphatic heterocycles. The molecule has 0 aromatic rings. The smallest absolute Gasteiger partial charge is 0.0757 e. The molecule has 1 N–H and O–H groups in total. The van der Waals surface area contributed by atoms with E-state index in [9.17, 15) is 5.11 Å². The lowest BCUT2D eigenvalue weighted by Crippen LogP contribution is -2.08. The zero-order chi connectivity index (χ0) is 10.8. The Hall–Kier alpha value is -0.560. The van der Waals surface area contributed by atoms with E-state index >= 15 is 0 Å². The summed E-state index contributed by atoms with van der Waals surface area (Å²) < 4.78 is 0. The lowest BCUT2D eigenvalue weighted by atomic mass is 9.86. The summed E-state index contributed by atoms with van der Waals surface area (Å²) in [7, 11) is 0. The molecule has 0 heterocycles. The highest BCUT2D eigenvalue weighted by Gasteiger charge is 2.29. The van der Waals surface area contributed by atoms with Crippen LogP contribution in [0.5, 0.6) is 0 Å². The van der Waals surface area contributed by atoms with Gasteiger partial charge in [-0.05, 0) is 38.5 Å². The highest BCUT2D eigenvalue weighted by Crippen LogP contribution is 2.43. The largest absolute Gasteiger partial charge is 0.389 e. The summed E-state index contributed by atoms with van der Waals surface area (Å²) in [6.07, 6.45) is 6.70. The van der Waals surface area contributed by atoms with Gasteiger partial charge in [0.25, 0.3) is 0 Å². The van der Waals surface area contributed by atoms with Gasteiger partial charge in [-0.25, -0.2) is 0 Å². The predicted molar refractivity (Wildman–Crippen MR) is 61.2 cm³/mol. The minimum Gasteiger partial charge on any atom is -0.389 e. The fourth-order valence-electron chi connectivity index (χ4n) is 2.11. The van der Waals surface area contributed by atoms with E-state index in [1.807, 2.05) is 19.1 Å². The lowest BCUT2D eigenvalue weighted by Gasteiger charge is -2.19. The molecule has 0 aromatic heterocycles. The molecule has 0 bridgehead atoms. The van der Waals surface area contributed by atoms with Gasteiger partial charge >= 0.3 is 0 Å². The number of hydrogen-bond donors (Lipinski definition) is 1. The summed E-state index contributed by atoms with van der Waals surface area (Å²) in [6.45, 7) is 8.74. The molecular formula is C13H22O. The molecular weight excluding hydrogens is 172 g/mol. The third-order valence-electron chi connectivity index (χ3n) is 3.47. The van der Waals surface area contributed by atoms with E-state index in [0.29, 0.717) is 5.41 Å². The maximum atomic E-state index is 9.68. The Morgan fingerprint density at radius 3 is 2.57 bits per heavy atom. The van der Waals surface area contributed by atoms with Crippen molar-refractivity contribution in [1.29, 1.82) is 0 Å². The Balaban J connectivity index is 2.66. The van der Waals surface area contributed by atoms with Gasteiger partial charge in [-0.15, -0.1) is 0 Å². The van der Waals surface area contributed by atoms with Gasteiger partial charge in [-0.3, -0.25) is 0 Å². The minimum absolute atomic E-state index is 0.293. The van der Waals surface area contributed by atoms with Gasteiger partial charge in [0.2, 0.25) is 0 Å². The molecule has 1 atom stereocenters. The van der Waals surface area contributed by atoms with Gasteiger partial charge in [0.15, 0.2) is 0 Å². The Labute approximate surface area is 87.5 Å². The summed E-state index contributed by atoms with van der Waals surface area (Å²) in [4.78, 5) is 0. The van der Waals surface area contributed by atoms with Crippen LogP contribution in [0.2, 0.25) is 0 Å². The molecule has 80 valence electrons. The Morgan fingerprint density at radius 1 is 1.50 bits per heavy atom. The standard InChI is InChI=1S/C13H22O/c1-5-6-12(14)9-11-7-8-13(3,4)10(11)2/h5-6,12,14H,7-9H2,1-4H3. The zero-order valence-electron chi connectivity index (χ0n) is 9.80. The van der Waals surface area contributed by atoms with Gasteiger partial charge in [0.05, 0.1) is 6.10 Å². The molecule has 1 nitrogen and oxygen atoms in total. The highest BCUT2D eigenvalue weighted by molar-refractivity contribution is 5.25. The first-order chi connectivity index (χ1) is 6.47. The Kier molecular flexibility index (Phi) is 3.54. The van der Waals surface area contributed by atoms with Crippen LogP contribution in [0.25, 0.3) is 0 Å². The number of rotatable bonds is 3. The van der Waals surface area contributed by atoms with Crippen molar-refractivity contribution in [2.75, 3.05) is 0 Å².